The fourth-order valence-corrected chi connectivity index (χ4v) is 4.86. The average molecular weight is 410 g/mol. The Morgan fingerprint density at radius 3 is 2.83 bits per heavy atom. The Morgan fingerprint density at radius 2 is 2.21 bits per heavy atom. The van der Waals surface area contributed by atoms with Crippen LogP contribution in [0.2, 0.25) is 0 Å². The molecule has 1 aromatic carbocycles. The molecule has 1 aliphatic rings. The fourth-order valence-electron chi connectivity index (χ4n) is 4.09. The van der Waals surface area contributed by atoms with Crippen molar-refractivity contribution in [2.45, 2.75) is 25.8 Å². The number of carboxylic acids is 1. The van der Waals surface area contributed by atoms with Crippen molar-refractivity contribution in [1.82, 2.24) is 4.57 Å². The van der Waals surface area contributed by atoms with E-state index in [0.29, 0.717) is 5.75 Å². The molecule has 1 aliphatic heterocycles. The number of thiophene rings is 1. The van der Waals surface area contributed by atoms with Crippen molar-refractivity contribution in [2.24, 2.45) is 0 Å². The lowest BCUT2D eigenvalue weighted by Gasteiger charge is -2.30. The van der Waals surface area contributed by atoms with E-state index in [2.05, 4.69) is 18.1 Å². The predicted molar refractivity (Wildman–Crippen MR) is 115 cm³/mol. The van der Waals surface area contributed by atoms with E-state index in [1.807, 2.05) is 35.7 Å². The molecular weight excluding hydrogens is 386 g/mol. The lowest BCUT2D eigenvalue weighted by Crippen LogP contribution is -2.19. The van der Waals surface area contributed by atoms with E-state index in [0.717, 1.165) is 46.0 Å². The zero-order valence-corrected chi connectivity index (χ0v) is 17.3. The standard InChI is InChI=1S/C23H23NO4S/c1-4-10-28-22-19(23(25)26)21(18-7-6-11-29-18)24-15(5-2)12-14-13-16(27-3)8-9-17(14)20(22)24/h4,6-9,11,13,15H,1,5,10,12H2,2-3H3,(H,25,26). The smallest absolute Gasteiger partial charge is 0.341 e. The first-order chi connectivity index (χ1) is 14.1. The molecule has 29 heavy (non-hydrogen) atoms. The van der Waals surface area contributed by atoms with Gasteiger partial charge in [0.2, 0.25) is 0 Å². The molecule has 1 N–H and O–H groups in total. The normalized spacial score (nSPS) is 14.8. The Bertz CT molecular complexity index is 1070. The second kappa shape index (κ2) is 7.79. The molecule has 3 heterocycles. The molecule has 0 fully saturated rings. The molecule has 0 amide bonds. The third-order valence-corrected chi connectivity index (χ3v) is 6.21. The average Bonchev–Trinajstić information content (AvgIpc) is 3.37. The van der Waals surface area contributed by atoms with Crippen LogP contribution in [0.25, 0.3) is 21.8 Å². The van der Waals surface area contributed by atoms with Gasteiger partial charge in [0.15, 0.2) is 5.75 Å². The van der Waals surface area contributed by atoms with E-state index >= 15 is 0 Å². The molecule has 0 radical (unpaired) electrons. The first kappa shape index (κ1) is 19.3. The van der Waals surface area contributed by atoms with Crippen molar-refractivity contribution in [2.75, 3.05) is 13.7 Å². The van der Waals surface area contributed by atoms with Gasteiger partial charge in [-0.1, -0.05) is 25.6 Å². The molecule has 4 rings (SSSR count). The number of aromatic nitrogens is 1. The van der Waals surface area contributed by atoms with Gasteiger partial charge in [0.05, 0.1) is 23.4 Å². The van der Waals surface area contributed by atoms with Crippen LogP contribution in [0.15, 0.2) is 48.4 Å². The highest BCUT2D eigenvalue weighted by atomic mass is 32.1. The summed E-state index contributed by atoms with van der Waals surface area (Å²) in [6.45, 7) is 6.09. The van der Waals surface area contributed by atoms with Gasteiger partial charge in [0.1, 0.15) is 17.9 Å². The van der Waals surface area contributed by atoms with Crippen LogP contribution < -0.4 is 9.47 Å². The van der Waals surface area contributed by atoms with Crippen LogP contribution in [0.3, 0.4) is 0 Å². The third kappa shape index (κ3) is 3.13. The number of rotatable bonds is 7. The summed E-state index contributed by atoms with van der Waals surface area (Å²) in [5, 5.41) is 12.1. The summed E-state index contributed by atoms with van der Waals surface area (Å²) < 4.78 is 13.6. The van der Waals surface area contributed by atoms with E-state index in [-0.39, 0.29) is 18.2 Å². The number of hydrogen-bond acceptors (Lipinski definition) is 4. The van der Waals surface area contributed by atoms with Crippen LogP contribution in [-0.4, -0.2) is 29.4 Å². The lowest BCUT2D eigenvalue weighted by atomic mass is 9.92. The Morgan fingerprint density at radius 1 is 1.38 bits per heavy atom. The number of methoxy groups -OCH3 is 1. The fraction of sp³-hybridized carbons (Fsp3) is 0.261. The summed E-state index contributed by atoms with van der Waals surface area (Å²) >= 11 is 1.54. The topological polar surface area (TPSA) is 60.7 Å². The molecule has 0 saturated carbocycles. The minimum Gasteiger partial charge on any atom is -0.497 e. The Kier molecular flexibility index (Phi) is 5.20. The minimum atomic E-state index is -0.987. The summed E-state index contributed by atoms with van der Waals surface area (Å²) in [5.74, 6) is 0.216. The van der Waals surface area contributed by atoms with Crippen molar-refractivity contribution in [3.63, 3.8) is 0 Å². The van der Waals surface area contributed by atoms with Crippen molar-refractivity contribution >= 4 is 17.3 Å². The number of nitrogens with zero attached hydrogens (tertiary/aromatic N) is 1. The first-order valence-corrected chi connectivity index (χ1v) is 10.4. The van der Waals surface area contributed by atoms with Gasteiger partial charge in [-0.25, -0.2) is 4.79 Å². The van der Waals surface area contributed by atoms with Crippen molar-refractivity contribution in [3.8, 4) is 33.3 Å². The number of carboxylic acid groups (broad SMARTS) is 1. The maximum absolute atomic E-state index is 12.4. The van der Waals surface area contributed by atoms with E-state index < -0.39 is 5.97 Å². The highest BCUT2D eigenvalue weighted by Crippen LogP contribution is 2.50. The van der Waals surface area contributed by atoms with E-state index in [1.54, 1.807) is 13.2 Å². The molecule has 1 atom stereocenters. The van der Waals surface area contributed by atoms with Crippen LogP contribution in [0, 0.1) is 0 Å². The van der Waals surface area contributed by atoms with E-state index in [4.69, 9.17) is 9.47 Å². The number of aromatic carboxylic acids is 1. The number of fused-ring (bicyclic) bond motifs is 3. The monoisotopic (exact) mass is 409 g/mol. The van der Waals surface area contributed by atoms with Gasteiger partial charge in [-0.15, -0.1) is 11.3 Å². The SMILES string of the molecule is C=CCOc1c(C(=O)O)c(-c2cccs2)n2c1-c1ccc(OC)cc1CC2CC. The maximum atomic E-state index is 12.4. The molecular formula is C23H23NO4S. The summed E-state index contributed by atoms with van der Waals surface area (Å²) in [5.41, 5.74) is 3.88. The van der Waals surface area contributed by atoms with Crippen molar-refractivity contribution < 1.29 is 19.4 Å². The molecule has 1 unspecified atom stereocenters. The summed E-state index contributed by atoms with van der Waals surface area (Å²) in [6.07, 6.45) is 3.31. The molecule has 150 valence electrons. The lowest BCUT2D eigenvalue weighted by molar-refractivity contribution is 0.0694. The predicted octanol–water partition coefficient (Wildman–Crippen LogP) is 5.66. The zero-order valence-electron chi connectivity index (χ0n) is 16.5. The third-order valence-electron chi connectivity index (χ3n) is 5.33. The minimum absolute atomic E-state index is 0.126. The molecule has 2 aromatic heterocycles. The quantitative estimate of drug-likeness (QED) is 0.511. The second-order valence-electron chi connectivity index (χ2n) is 6.94. The van der Waals surface area contributed by atoms with Crippen LogP contribution in [0.5, 0.6) is 11.5 Å². The number of hydrogen-bond donors (Lipinski definition) is 1. The van der Waals surface area contributed by atoms with Crippen molar-refractivity contribution in [3.05, 3.63) is 59.5 Å². The summed E-state index contributed by atoms with van der Waals surface area (Å²) in [4.78, 5) is 13.3. The Hall–Kier alpha value is -2.99. The van der Waals surface area contributed by atoms with E-state index in [9.17, 15) is 9.90 Å². The van der Waals surface area contributed by atoms with Crippen LogP contribution in [-0.2, 0) is 6.42 Å². The molecule has 0 bridgehead atoms. The second-order valence-corrected chi connectivity index (χ2v) is 7.89. The summed E-state index contributed by atoms with van der Waals surface area (Å²) in [7, 11) is 1.65. The van der Waals surface area contributed by atoms with E-state index in [1.165, 1.54) is 11.3 Å². The van der Waals surface area contributed by atoms with Gasteiger partial charge in [0.25, 0.3) is 0 Å². The highest BCUT2D eigenvalue weighted by Gasteiger charge is 2.36. The highest BCUT2D eigenvalue weighted by molar-refractivity contribution is 7.13. The van der Waals surface area contributed by atoms with Crippen LogP contribution in [0.1, 0.15) is 35.3 Å². The molecule has 5 nitrogen and oxygen atoms in total. The molecule has 0 saturated heterocycles. The van der Waals surface area contributed by atoms with Gasteiger partial charge >= 0.3 is 5.97 Å². The number of ether oxygens (including phenoxy) is 2. The van der Waals surface area contributed by atoms with Crippen LogP contribution in [0.4, 0.5) is 0 Å². The molecule has 0 aliphatic carbocycles. The van der Waals surface area contributed by atoms with Crippen molar-refractivity contribution in [1.29, 1.82) is 0 Å². The van der Waals surface area contributed by atoms with Gasteiger partial charge in [-0.3, -0.25) is 0 Å². The zero-order chi connectivity index (χ0) is 20.5. The number of benzene rings is 1. The Labute approximate surface area is 173 Å². The van der Waals surface area contributed by atoms with Gasteiger partial charge in [0, 0.05) is 11.6 Å². The Balaban J connectivity index is 2.09. The largest absolute Gasteiger partial charge is 0.497 e. The van der Waals surface area contributed by atoms with Gasteiger partial charge in [-0.05, 0) is 48.1 Å². The molecule has 0 spiro atoms. The van der Waals surface area contributed by atoms with Gasteiger partial charge in [-0.2, -0.15) is 0 Å². The van der Waals surface area contributed by atoms with Gasteiger partial charge < -0.3 is 19.1 Å². The molecule has 6 heteroatoms. The molecule has 3 aromatic rings. The summed E-state index contributed by atoms with van der Waals surface area (Å²) in [6, 6.07) is 9.98. The maximum Gasteiger partial charge on any atom is 0.341 e. The van der Waals surface area contributed by atoms with Crippen LogP contribution >= 0.6 is 11.3 Å². The number of carbonyl (C=O) groups is 1. The first-order valence-electron chi connectivity index (χ1n) is 9.57.